The van der Waals surface area contributed by atoms with E-state index in [0.717, 1.165) is 5.56 Å². The van der Waals surface area contributed by atoms with Crippen LogP contribution in [0.25, 0.3) is 6.08 Å². The summed E-state index contributed by atoms with van der Waals surface area (Å²) in [5.74, 6) is 0.636. The second-order valence-corrected chi connectivity index (χ2v) is 7.91. The predicted molar refractivity (Wildman–Crippen MR) is 110 cm³/mol. The fourth-order valence-electron chi connectivity index (χ4n) is 2.45. The number of nitrogens with zero attached hydrogens (tertiary/aromatic N) is 2. The fourth-order valence-corrected chi connectivity index (χ4v) is 3.94. The quantitative estimate of drug-likeness (QED) is 0.555. The summed E-state index contributed by atoms with van der Waals surface area (Å²) in [4.78, 5) is 26.6. The molecule has 0 spiro atoms. The Bertz CT molecular complexity index is 926. The summed E-state index contributed by atoms with van der Waals surface area (Å²) in [5.41, 5.74) is 0.766. The summed E-state index contributed by atoms with van der Waals surface area (Å²) in [5, 5.41) is 6.93. The van der Waals surface area contributed by atoms with E-state index in [2.05, 4.69) is 10.5 Å². The minimum absolute atomic E-state index is 0.169. The summed E-state index contributed by atoms with van der Waals surface area (Å²) >= 11 is 12.7. The van der Waals surface area contributed by atoms with Crippen molar-refractivity contribution in [2.24, 2.45) is 0 Å². The van der Waals surface area contributed by atoms with Crippen LogP contribution in [0.1, 0.15) is 24.2 Å². The number of thioether (sulfide) groups is 1. The second-order valence-electron chi connectivity index (χ2n) is 5.83. The molecule has 1 fully saturated rings. The average molecular weight is 422 g/mol. The molecule has 0 bridgehead atoms. The molecule has 1 aliphatic heterocycles. The summed E-state index contributed by atoms with van der Waals surface area (Å²) in [6.45, 7) is 2.11. The lowest BCUT2D eigenvalue weighted by atomic mass is 10.2. The van der Waals surface area contributed by atoms with Crippen molar-refractivity contribution in [3.63, 3.8) is 0 Å². The van der Waals surface area contributed by atoms with Crippen LogP contribution in [0.5, 0.6) is 0 Å². The molecule has 3 rings (SSSR count). The number of benzene rings is 1. The van der Waals surface area contributed by atoms with Gasteiger partial charge in [0, 0.05) is 24.1 Å². The number of rotatable bonds is 6. The third kappa shape index (κ3) is 4.97. The van der Waals surface area contributed by atoms with Crippen LogP contribution in [0.2, 0.25) is 5.02 Å². The second kappa shape index (κ2) is 8.69. The van der Waals surface area contributed by atoms with Crippen molar-refractivity contribution in [2.75, 3.05) is 11.9 Å². The molecule has 0 aliphatic carbocycles. The van der Waals surface area contributed by atoms with E-state index in [4.69, 9.17) is 28.3 Å². The molecule has 1 aromatic heterocycles. The Morgan fingerprint density at radius 2 is 2.22 bits per heavy atom. The minimum atomic E-state index is -0.194. The minimum Gasteiger partial charge on any atom is -0.360 e. The van der Waals surface area contributed by atoms with Gasteiger partial charge < -0.3 is 9.84 Å². The Hall–Kier alpha value is -2.16. The van der Waals surface area contributed by atoms with Gasteiger partial charge in [-0.3, -0.25) is 14.5 Å². The molecule has 1 saturated heterocycles. The molecule has 27 heavy (non-hydrogen) atoms. The molecule has 0 radical (unpaired) electrons. The van der Waals surface area contributed by atoms with Gasteiger partial charge >= 0.3 is 0 Å². The zero-order valence-corrected chi connectivity index (χ0v) is 16.8. The third-order valence-corrected chi connectivity index (χ3v) is 5.47. The van der Waals surface area contributed by atoms with E-state index in [9.17, 15) is 9.59 Å². The number of carbonyl (C=O) groups is 2. The molecule has 0 saturated carbocycles. The van der Waals surface area contributed by atoms with Gasteiger partial charge in [0.05, 0.1) is 4.91 Å². The van der Waals surface area contributed by atoms with Crippen LogP contribution in [0.3, 0.4) is 0 Å². The molecular formula is C18H16ClN3O3S2. The van der Waals surface area contributed by atoms with Crippen LogP contribution < -0.4 is 5.32 Å². The van der Waals surface area contributed by atoms with Gasteiger partial charge in [0.2, 0.25) is 5.91 Å². The molecular weight excluding hydrogens is 406 g/mol. The Morgan fingerprint density at radius 1 is 1.44 bits per heavy atom. The standard InChI is InChI=1S/C18H16ClN3O3S2/c1-11-9-15(21-25-11)20-16(23)7-4-8-22-17(24)14(27-18(22)26)10-12-5-2-3-6-13(12)19/h2-3,5-6,9-10H,4,7-8H2,1H3,(H,20,21,23)/b14-10-. The van der Waals surface area contributed by atoms with E-state index < -0.39 is 0 Å². The van der Waals surface area contributed by atoms with E-state index in [0.29, 0.717) is 38.8 Å². The Kier molecular flexibility index (Phi) is 6.30. The molecule has 6 nitrogen and oxygen atoms in total. The smallest absolute Gasteiger partial charge is 0.266 e. The number of thiocarbonyl (C=S) groups is 1. The lowest BCUT2D eigenvalue weighted by molar-refractivity contribution is -0.122. The highest BCUT2D eigenvalue weighted by molar-refractivity contribution is 8.26. The maximum Gasteiger partial charge on any atom is 0.266 e. The Balaban J connectivity index is 1.55. The fraction of sp³-hybridized carbons (Fsp3) is 0.222. The molecule has 1 aliphatic rings. The largest absolute Gasteiger partial charge is 0.360 e. The van der Waals surface area contributed by atoms with Crippen LogP contribution in [0, 0.1) is 6.92 Å². The summed E-state index contributed by atoms with van der Waals surface area (Å²) in [7, 11) is 0. The number of aryl methyl sites for hydroxylation is 1. The van der Waals surface area contributed by atoms with E-state index in [-0.39, 0.29) is 18.2 Å². The molecule has 2 amide bonds. The van der Waals surface area contributed by atoms with Crippen molar-refractivity contribution in [2.45, 2.75) is 19.8 Å². The first-order valence-electron chi connectivity index (χ1n) is 8.17. The molecule has 140 valence electrons. The summed E-state index contributed by atoms with van der Waals surface area (Å²) in [6.07, 6.45) is 2.46. The van der Waals surface area contributed by atoms with Crippen molar-refractivity contribution < 1.29 is 14.1 Å². The molecule has 1 aromatic carbocycles. The monoisotopic (exact) mass is 421 g/mol. The van der Waals surface area contributed by atoms with Crippen LogP contribution in [0.4, 0.5) is 5.82 Å². The maximum atomic E-state index is 12.6. The maximum absolute atomic E-state index is 12.6. The number of hydrogen-bond acceptors (Lipinski definition) is 6. The van der Waals surface area contributed by atoms with Crippen molar-refractivity contribution >= 4 is 63.6 Å². The Labute approximate surface area is 170 Å². The number of hydrogen-bond donors (Lipinski definition) is 1. The first-order valence-corrected chi connectivity index (χ1v) is 9.77. The van der Waals surface area contributed by atoms with Crippen LogP contribution in [-0.4, -0.2) is 32.7 Å². The SMILES string of the molecule is Cc1cc(NC(=O)CCCN2C(=O)/C(=C/c3ccccc3Cl)SC2=S)no1. The zero-order chi connectivity index (χ0) is 19.4. The summed E-state index contributed by atoms with van der Waals surface area (Å²) in [6, 6.07) is 8.93. The highest BCUT2D eigenvalue weighted by Crippen LogP contribution is 2.33. The van der Waals surface area contributed by atoms with Crippen molar-refractivity contribution in [3.8, 4) is 0 Å². The molecule has 0 atom stereocenters. The first kappa shape index (κ1) is 19.6. The van der Waals surface area contributed by atoms with Crippen LogP contribution in [0.15, 0.2) is 39.8 Å². The van der Waals surface area contributed by atoms with Crippen molar-refractivity contribution in [1.29, 1.82) is 0 Å². The van der Waals surface area contributed by atoms with Gasteiger partial charge in [-0.1, -0.05) is 58.9 Å². The third-order valence-electron chi connectivity index (χ3n) is 3.75. The number of aromatic nitrogens is 1. The first-order chi connectivity index (χ1) is 12.9. The van der Waals surface area contributed by atoms with Crippen LogP contribution in [-0.2, 0) is 9.59 Å². The normalized spacial score (nSPS) is 15.6. The van der Waals surface area contributed by atoms with E-state index in [1.807, 2.05) is 18.2 Å². The van der Waals surface area contributed by atoms with Gasteiger partial charge in [-0.05, 0) is 31.1 Å². The predicted octanol–water partition coefficient (Wildman–Crippen LogP) is 4.26. The van der Waals surface area contributed by atoms with E-state index in [1.165, 1.54) is 16.7 Å². The zero-order valence-electron chi connectivity index (χ0n) is 14.4. The van der Waals surface area contributed by atoms with Gasteiger partial charge in [-0.25, -0.2) is 0 Å². The molecule has 2 aromatic rings. The molecule has 9 heteroatoms. The van der Waals surface area contributed by atoms with Gasteiger partial charge in [-0.15, -0.1) is 0 Å². The van der Waals surface area contributed by atoms with Crippen molar-refractivity contribution in [1.82, 2.24) is 10.1 Å². The lowest BCUT2D eigenvalue weighted by Crippen LogP contribution is -2.29. The number of carbonyl (C=O) groups excluding carboxylic acids is 2. The lowest BCUT2D eigenvalue weighted by Gasteiger charge is -2.13. The molecule has 0 unspecified atom stereocenters. The highest BCUT2D eigenvalue weighted by Gasteiger charge is 2.31. The van der Waals surface area contributed by atoms with Gasteiger partial charge in [0.1, 0.15) is 10.1 Å². The van der Waals surface area contributed by atoms with E-state index >= 15 is 0 Å². The average Bonchev–Trinajstić information content (AvgIpc) is 3.14. The number of amides is 2. The van der Waals surface area contributed by atoms with Gasteiger partial charge in [0.15, 0.2) is 5.82 Å². The molecule has 1 N–H and O–H groups in total. The summed E-state index contributed by atoms with van der Waals surface area (Å²) < 4.78 is 5.37. The highest BCUT2D eigenvalue weighted by atomic mass is 35.5. The topological polar surface area (TPSA) is 75.4 Å². The van der Waals surface area contributed by atoms with E-state index in [1.54, 1.807) is 25.1 Å². The number of nitrogens with one attached hydrogen (secondary N) is 1. The van der Waals surface area contributed by atoms with Gasteiger partial charge in [0.25, 0.3) is 5.91 Å². The van der Waals surface area contributed by atoms with Crippen molar-refractivity contribution in [3.05, 3.63) is 51.6 Å². The number of halogens is 1. The van der Waals surface area contributed by atoms with Gasteiger partial charge in [-0.2, -0.15) is 0 Å². The molecule has 2 heterocycles. The van der Waals surface area contributed by atoms with Crippen LogP contribution >= 0.6 is 35.6 Å². The Morgan fingerprint density at radius 3 is 2.93 bits per heavy atom. The number of anilines is 1.